The molecule has 1 heterocycles. The monoisotopic (exact) mass is 274 g/mol. The van der Waals surface area contributed by atoms with Gasteiger partial charge in [-0.2, -0.15) is 0 Å². The number of rotatable bonds is 6. The first-order chi connectivity index (χ1) is 9.72. The minimum absolute atomic E-state index is 0.227. The minimum Gasteiger partial charge on any atom is -0.369 e. The molecule has 20 heavy (non-hydrogen) atoms. The van der Waals surface area contributed by atoms with Crippen LogP contribution in [-0.4, -0.2) is 23.1 Å². The van der Waals surface area contributed by atoms with E-state index in [0.717, 1.165) is 30.3 Å². The number of nitrogens with zero attached hydrogens (tertiary/aromatic N) is 3. The van der Waals surface area contributed by atoms with Crippen LogP contribution in [0.3, 0.4) is 0 Å². The number of halogens is 1. The number of hydrogen-bond acceptors (Lipinski definition) is 4. The van der Waals surface area contributed by atoms with Gasteiger partial charge in [0.25, 0.3) is 0 Å². The van der Waals surface area contributed by atoms with Crippen LogP contribution in [0.25, 0.3) is 0 Å². The predicted octanol–water partition coefficient (Wildman–Crippen LogP) is 3.07. The Balaban J connectivity index is 2.09. The third-order valence-corrected chi connectivity index (χ3v) is 2.97. The van der Waals surface area contributed by atoms with Gasteiger partial charge in [0.05, 0.1) is 24.6 Å². The molecule has 0 spiro atoms. The Morgan fingerprint density at radius 3 is 2.65 bits per heavy atom. The van der Waals surface area contributed by atoms with Crippen LogP contribution >= 0.6 is 0 Å². The van der Waals surface area contributed by atoms with E-state index >= 15 is 0 Å². The van der Waals surface area contributed by atoms with Gasteiger partial charge in [0.2, 0.25) is 0 Å². The molecule has 4 nitrogen and oxygen atoms in total. The van der Waals surface area contributed by atoms with Crippen molar-refractivity contribution in [3.8, 4) is 0 Å². The number of benzene rings is 1. The maximum Gasteiger partial charge on any atom is 0.144 e. The molecule has 5 heteroatoms. The van der Waals surface area contributed by atoms with Crippen molar-refractivity contribution in [2.45, 2.75) is 20.4 Å². The van der Waals surface area contributed by atoms with Gasteiger partial charge in [0, 0.05) is 18.8 Å². The van der Waals surface area contributed by atoms with Gasteiger partial charge in [0.1, 0.15) is 11.6 Å². The van der Waals surface area contributed by atoms with Crippen LogP contribution in [-0.2, 0) is 6.54 Å². The molecule has 2 aromatic rings. The molecule has 1 aromatic heterocycles. The van der Waals surface area contributed by atoms with E-state index in [1.165, 1.54) is 12.1 Å². The molecule has 2 rings (SSSR count). The molecule has 1 aromatic carbocycles. The molecule has 0 aliphatic rings. The van der Waals surface area contributed by atoms with E-state index in [4.69, 9.17) is 0 Å². The Labute approximate surface area is 118 Å². The molecule has 0 aliphatic carbocycles. The Morgan fingerprint density at radius 2 is 2.05 bits per heavy atom. The minimum atomic E-state index is -0.227. The zero-order valence-electron chi connectivity index (χ0n) is 11.8. The maximum atomic E-state index is 13.3. The highest BCUT2D eigenvalue weighted by Gasteiger charge is 2.07. The number of aromatic nitrogens is 2. The van der Waals surface area contributed by atoms with Crippen LogP contribution in [0.15, 0.2) is 36.7 Å². The fourth-order valence-electron chi connectivity index (χ4n) is 1.96. The summed E-state index contributed by atoms with van der Waals surface area (Å²) in [5.41, 5.74) is 1.71. The SMILES string of the molecule is CCNc1cnc(CN(CC)c2cccc(F)c2)cn1. The number of nitrogens with one attached hydrogen (secondary N) is 1. The largest absolute Gasteiger partial charge is 0.369 e. The van der Waals surface area contributed by atoms with Gasteiger partial charge in [-0.25, -0.2) is 9.37 Å². The first-order valence-electron chi connectivity index (χ1n) is 6.78. The van der Waals surface area contributed by atoms with Crippen LogP contribution in [0.5, 0.6) is 0 Å². The molecule has 0 atom stereocenters. The van der Waals surface area contributed by atoms with E-state index in [2.05, 4.69) is 20.2 Å². The number of hydrogen-bond donors (Lipinski definition) is 1. The summed E-state index contributed by atoms with van der Waals surface area (Å²) < 4.78 is 13.3. The molecule has 0 amide bonds. The fraction of sp³-hybridized carbons (Fsp3) is 0.333. The molecule has 0 bridgehead atoms. The summed E-state index contributed by atoms with van der Waals surface area (Å²) in [4.78, 5) is 10.7. The summed E-state index contributed by atoms with van der Waals surface area (Å²) in [6.45, 7) is 6.25. The van der Waals surface area contributed by atoms with Crippen molar-refractivity contribution < 1.29 is 4.39 Å². The lowest BCUT2D eigenvalue weighted by molar-refractivity contribution is 0.626. The number of anilines is 2. The van der Waals surface area contributed by atoms with E-state index in [1.807, 2.05) is 19.9 Å². The third kappa shape index (κ3) is 3.66. The highest BCUT2D eigenvalue weighted by Crippen LogP contribution is 2.17. The van der Waals surface area contributed by atoms with Crippen LogP contribution in [0.4, 0.5) is 15.9 Å². The topological polar surface area (TPSA) is 41.1 Å². The molecule has 0 radical (unpaired) electrons. The van der Waals surface area contributed by atoms with E-state index in [-0.39, 0.29) is 5.82 Å². The molecular weight excluding hydrogens is 255 g/mol. The second-order valence-corrected chi connectivity index (χ2v) is 4.42. The summed E-state index contributed by atoms with van der Waals surface area (Å²) in [6.07, 6.45) is 3.47. The predicted molar refractivity (Wildman–Crippen MR) is 79.3 cm³/mol. The van der Waals surface area contributed by atoms with E-state index in [9.17, 15) is 4.39 Å². The van der Waals surface area contributed by atoms with E-state index < -0.39 is 0 Å². The van der Waals surface area contributed by atoms with Crippen molar-refractivity contribution >= 4 is 11.5 Å². The second-order valence-electron chi connectivity index (χ2n) is 4.42. The lowest BCUT2D eigenvalue weighted by Crippen LogP contribution is -2.22. The molecule has 0 saturated heterocycles. The van der Waals surface area contributed by atoms with Gasteiger partial charge in [-0.15, -0.1) is 0 Å². The Bertz CT molecular complexity index is 542. The summed E-state index contributed by atoms with van der Waals surface area (Å²) >= 11 is 0. The Kier molecular flexibility index (Phi) is 4.87. The zero-order valence-corrected chi connectivity index (χ0v) is 11.8. The van der Waals surface area contributed by atoms with Crippen LogP contribution < -0.4 is 10.2 Å². The lowest BCUT2D eigenvalue weighted by atomic mass is 10.2. The normalized spacial score (nSPS) is 10.3. The van der Waals surface area contributed by atoms with Crippen molar-refractivity contribution in [2.24, 2.45) is 0 Å². The van der Waals surface area contributed by atoms with Crippen LogP contribution in [0, 0.1) is 5.82 Å². The zero-order chi connectivity index (χ0) is 14.4. The first-order valence-corrected chi connectivity index (χ1v) is 6.78. The van der Waals surface area contributed by atoms with Gasteiger partial charge >= 0.3 is 0 Å². The third-order valence-electron chi connectivity index (χ3n) is 2.97. The van der Waals surface area contributed by atoms with Crippen molar-refractivity contribution in [3.63, 3.8) is 0 Å². The summed E-state index contributed by atoms with van der Waals surface area (Å²) in [5.74, 6) is 0.541. The molecule has 0 saturated carbocycles. The van der Waals surface area contributed by atoms with E-state index in [0.29, 0.717) is 6.54 Å². The molecule has 0 fully saturated rings. The summed E-state index contributed by atoms with van der Waals surface area (Å²) in [5, 5.41) is 3.10. The summed E-state index contributed by atoms with van der Waals surface area (Å²) in [6, 6.07) is 6.59. The smallest absolute Gasteiger partial charge is 0.144 e. The van der Waals surface area contributed by atoms with E-state index in [1.54, 1.807) is 18.5 Å². The molecular formula is C15H19FN4. The molecule has 106 valence electrons. The van der Waals surface area contributed by atoms with Crippen molar-refractivity contribution in [1.82, 2.24) is 9.97 Å². The van der Waals surface area contributed by atoms with Crippen LogP contribution in [0.1, 0.15) is 19.5 Å². The highest BCUT2D eigenvalue weighted by atomic mass is 19.1. The quantitative estimate of drug-likeness (QED) is 0.879. The Morgan fingerprint density at radius 1 is 1.20 bits per heavy atom. The lowest BCUT2D eigenvalue weighted by Gasteiger charge is -2.22. The molecule has 1 N–H and O–H groups in total. The molecule has 0 unspecified atom stereocenters. The van der Waals surface area contributed by atoms with Crippen LogP contribution in [0.2, 0.25) is 0 Å². The van der Waals surface area contributed by atoms with Crippen molar-refractivity contribution in [1.29, 1.82) is 0 Å². The second kappa shape index (κ2) is 6.84. The van der Waals surface area contributed by atoms with Crippen molar-refractivity contribution in [3.05, 3.63) is 48.2 Å². The van der Waals surface area contributed by atoms with Gasteiger partial charge in [-0.3, -0.25) is 4.98 Å². The average Bonchev–Trinajstić information content (AvgIpc) is 2.47. The van der Waals surface area contributed by atoms with Crippen molar-refractivity contribution in [2.75, 3.05) is 23.3 Å². The maximum absolute atomic E-state index is 13.3. The standard InChI is InChI=1S/C15H19FN4/c1-3-17-15-10-18-13(9-19-15)11-20(4-2)14-7-5-6-12(16)8-14/h5-10H,3-4,11H2,1-2H3,(H,17,19). The van der Waals surface area contributed by atoms with Gasteiger partial charge in [0.15, 0.2) is 0 Å². The van der Waals surface area contributed by atoms with Gasteiger partial charge in [-0.05, 0) is 32.0 Å². The van der Waals surface area contributed by atoms with Gasteiger partial charge in [-0.1, -0.05) is 6.07 Å². The molecule has 0 aliphatic heterocycles. The Hall–Kier alpha value is -2.17. The first kappa shape index (κ1) is 14.2. The highest BCUT2D eigenvalue weighted by molar-refractivity contribution is 5.46. The fourth-order valence-corrected chi connectivity index (χ4v) is 1.96. The van der Waals surface area contributed by atoms with Gasteiger partial charge < -0.3 is 10.2 Å². The summed E-state index contributed by atoms with van der Waals surface area (Å²) in [7, 11) is 0. The average molecular weight is 274 g/mol.